The Bertz CT molecular complexity index is 1620. The van der Waals surface area contributed by atoms with Crippen LogP contribution < -0.4 is 4.74 Å². The van der Waals surface area contributed by atoms with Gasteiger partial charge in [0.1, 0.15) is 28.9 Å². The van der Waals surface area contributed by atoms with Crippen LogP contribution in [0.2, 0.25) is 0 Å². The molecule has 1 aliphatic rings. The maximum atomic E-state index is 14.9. The number of fused-ring (bicyclic) bond motifs is 1. The van der Waals surface area contributed by atoms with Crippen LogP contribution in [-0.4, -0.2) is 47.7 Å². The average Bonchev–Trinajstić information content (AvgIpc) is 3.60. The van der Waals surface area contributed by atoms with Crippen LogP contribution in [0, 0.1) is 24.5 Å². The van der Waals surface area contributed by atoms with Gasteiger partial charge in [-0.25, -0.2) is 8.78 Å². The van der Waals surface area contributed by atoms with Crippen LogP contribution >= 0.6 is 11.3 Å². The van der Waals surface area contributed by atoms with Gasteiger partial charge in [0.05, 0.1) is 28.1 Å². The Kier molecular flexibility index (Phi) is 7.88. The number of benzene rings is 2. The minimum absolute atomic E-state index is 0.125. The molecule has 0 radical (unpaired) electrons. The number of hydrogen-bond donors (Lipinski definition) is 0. The number of carbonyl (C=O) groups is 3. The van der Waals surface area contributed by atoms with Gasteiger partial charge in [0.15, 0.2) is 0 Å². The molecule has 7 nitrogen and oxygen atoms in total. The van der Waals surface area contributed by atoms with E-state index in [1.54, 1.807) is 35.2 Å². The fraction of sp³-hybridized carbons (Fsp3) is 0.267. The quantitative estimate of drug-likeness (QED) is 0.257. The Hall–Kier alpha value is -4.18. The van der Waals surface area contributed by atoms with Gasteiger partial charge in [0.25, 0.3) is 5.91 Å². The zero-order valence-electron chi connectivity index (χ0n) is 21.9. The van der Waals surface area contributed by atoms with Gasteiger partial charge in [-0.3, -0.25) is 19.4 Å². The number of ketones is 1. The molecule has 4 aromatic rings. The largest absolute Gasteiger partial charge is 0.469 e. The molecule has 1 fully saturated rings. The number of pyridine rings is 1. The van der Waals surface area contributed by atoms with Crippen LogP contribution in [0.1, 0.15) is 32.8 Å². The molecule has 0 bridgehead atoms. The lowest BCUT2D eigenvalue weighted by atomic mass is 10.0. The van der Waals surface area contributed by atoms with E-state index in [1.807, 2.05) is 6.92 Å². The molecule has 0 spiro atoms. The molecule has 206 valence electrons. The number of amides is 1. The first-order chi connectivity index (χ1) is 19.2. The van der Waals surface area contributed by atoms with Gasteiger partial charge in [-0.2, -0.15) is 0 Å². The molecule has 1 aliphatic heterocycles. The average molecular weight is 565 g/mol. The number of nitrogens with zero attached hydrogens (tertiary/aromatic N) is 2. The molecule has 40 heavy (non-hydrogen) atoms. The summed E-state index contributed by atoms with van der Waals surface area (Å²) in [5.74, 6) is -1.63. The first-order valence-corrected chi connectivity index (χ1v) is 13.5. The lowest BCUT2D eigenvalue weighted by Crippen LogP contribution is -2.29. The Morgan fingerprint density at radius 2 is 1.82 bits per heavy atom. The molecular formula is C30H26F2N2O5S. The Balaban J connectivity index is 1.28. The van der Waals surface area contributed by atoms with Crippen LogP contribution in [0.4, 0.5) is 8.78 Å². The third kappa shape index (κ3) is 5.86. The third-order valence-electron chi connectivity index (χ3n) is 6.83. The number of thiophene rings is 1. The Labute approximate surface area is 233 Å². The number of Topliss-reactive ketones (excluding diaryl/α,β-unsaturated/α-hetero) is 1. The highest BCUT2D eigenvalue weighted by Crippen LogP contribution is 2.36. The van der Waals surface area contributed by atoms with Gasteiger partial charge in [-0.05, 0) is 42.7 Å². The molecule has 0 saturated carbocycles. The van der Waals surface area contributed by atoms with Crippen LogP contribution in [-0.2, 0) is 27.2 Å². The van der Waals surface area contributed by atoms with E-state index in [1.165, 1.54) is 42.8 Å². The maximum Gasteiger partial charge on any atom is 0.310 e. The summed E-state index contributed by atoms with van der Waals surface area (Å²) in [7, 11) is 1.33. The van der Waals surface area contributed by atoms with Crippen molar-refractivity contribution in [3.05, 3.63) is 87.9 Å². The summed E-state index contributed by atoms with van der Waals surface area (Å²) < 4.78 is 40.3. The summed E-state index contributed by atoms with van der Waals surface area (Å²) >= 11 is 1.21. The van der Waals surface area contributed by atoms with E-state index in [9.17, 15) is 23.2 Å². The molecule has 2 aromatic heterocycles. The summed E-state index contributed by atoms with van der Waals surface area (Å²) in [6, 6.07) is 12.1. The Morgan fingerprint density at radius 3 is 2.60 bits per heavy atom. The molecule has 10 heteroatoms. The highest BCUT2D eigenvalue weighted by atomic mass is 32.1. The van der Waals surface area contributed by atoms with E-state index >= 15 is 0 Å². The van der Waals surface area contributed by atoms with E-state index in [-0.39, 0.29) is 53.3 Å². The number of hydrogen-bond acceptors (Lipinski definition) is 7. The first kappa shape index (κ1) is 27.4. The lowest BCUT2D eigenvalue weighted by molar-refractivity contribution is -0.144. The molecule has 1 atom stereocenters. The molecule has 0 N–H and O–H groups in total. The fourth-order valence-electron chi connectivity index (χ4n) is 4.75. The number of ether oxygens (including phenoxy) is 2. The number of rotatable bonds is 8. The van der Waals surface area contributed by atoms with Crippen molar-refractivity contribution in [3.8, 4) is 11.5 Å². The van der Waals surface area contributed by atoms with Gasteiger partial charge >= 0.3 is 5.97 Å². The van der Waals surface area contributed by atoms with Crippen molar-refractivity contribution in [2.45, 2.75) is 26.2 Å². The first-order valence-electron chi connectivity index (χ1n) is 12.7. The molecule has 5 rings (SSSR count). The lowest BCUT2D eigenvalue weighted by Gasteiger charge is -2.14. The van der Waals surface area contributed by atoms with Gasteiger partial charge in [0, 0.05) is 44.3 Å². The zero-order valence-corrected chi connectivity index (χ0v) is 22.7. The maximum absolute atomic E-state index is 14.9. The minimum Gasteiger partial charge on any atom is -0.469 e. The number of aromatic nitrogens is 1. The molecule has 2 aromatic carbocycles. The van der Waals surface area contributed by atoms with Crippen molar-refractivity contribution in [3.63, 3.8) is 0 Å². The van der Waals surface area contributed by atoms with Gasteiger partial charge in [-0.15, -0.1) is 11.3 Å². The highest BCUT2D eigenvalue weighted by Gasteiger charge is 2.33. The van der Waals surface area contributed by atoms with E-state index in [4.69, 9.17) is 9.47 Å². The molecule has 0 aliphatic carbocycles. The molecule has 1 unspecified atom stereocenters. The van der Waals surface area contributed by atoms with E-state index in [0.717, 1.165) is 5.56 Å². The van der Waals surface area contributed by atoms with Crippen LogP contribution in [0.3, 0.4) is 0 Å². The van der Waals surface area contributed by atoms with Crippen LogP contribution in [0.15, 0.2) is 54.7 Å². The molecule has 1 amide bonds. The van der Waals surface area contributed by atoms with Crippen molar-refractivity contribution < 1.29 is 32.6 Å². The predicted molar refractivity (Wildman–Crippen MR) is 146 cm³/mol. The van der Waals surface area contributed by atoms with E-state index in [0.29, 0.717) is 40.4 Å². The number of halogens is 2. The third-order valence-corrected chi connectivity index (χ3v) is 7.95. The standard InChI is InChI=1S/C30H26F2N2O5S/c1-17-3-6-23(31)20(11-17)13-21(35)12-18-4-5-22(14-24(18)32)39-26-7-9-33-25-15-27(40-28(25)26)29(36)34-10-8-19(16-34)30(37)38-2/h3-7,9,11,14-15,19H,8,10,12-13,16H2,1-2H3. The second-order valence-corrected chi connectivity index (χ2v) is 10.8. The number of esters is 1. The van der Waals surface area contributed by atoms with Crippen LogP contribution in [0.5, 0.6) is 11.5 Å². The van der Waals surface area contributed by atoms with Crippen molar-refractivity contribution in [2.75, 3.05) is 20.2 Å². The van der Waals surface area contributed by atoms with Crippen LogP contribution in [0.25, 0.3) is 10.2 Å². The predicted octanol–water partition coefficient (Wildman–Crippen LogP) is 5.66. The van der Waals surface area contributed by atoms with Crippen molar-refractivity contribution >= 4 is 39.2 Å². The van der Waals surface area contributed by atoms with Gasteiger partial charge in [0.2, 0.25) is 0 Å². The Morgan fingerprint density at radius 1 is 1.02 bits per heavy atom. The smallest absolute Gasteiger partial charge is 0.310 e. The molecule has 3 heterocycles. The second kappa shape index (κ2) is 11.5. The summed E-state index contributed by atoms with van der Waals surface area (Å²) in [4.78, 5) is 43.8. The molecule has 1 saturated heterocycles. The highest BCUT2D eigenvalue weighted by molar-refractivity contribution is 7.21. The van der Waals surface area contributed by atoms with Crippen molar-refractivity contribution in [1.29, 1.82) is 0 Å². The number of aryl methyl sites for hydroxylation is 1. The van der Waals surface area contributed by atoms with E-state index in [2.05, 4.69) is 4.98 Å². The normalized spacial score (nSPS) is 14.9. The monoisotopic (exact) mass is 564 g/mol. The topological polar surface area (TPSA) is 85.8 Å². The van der Waals surface area contributed by atoms with Crippen molar-refractivity contribution in [2.24, 2.45) is 5.92 Å². The van der Waals surface area contributed by atoms with Crippen molar-refractivity contribution in [1.82, 2.24) is 9.88 Å². The zero-order chi connectivity index (χ0) is 28.4. The summed E-state index contributed by atoms with van der Waals surface area (Å²) in [5, 5.41) is 0. The summed E-state index contributed by atoms with van der Waals surface area (Å²) in [6.45, 7) is 2.56. The SMILES string of the molecule is COC(=O)C1CCN(C(=O)c2cc3nccc(Oc4ccc(CC(=O)Cc5cc(C)ccc5F)c(F)c4)c3s2)C1. The van der Waals surface area contributed by atoms with Gasteiger partial charge in [-0.1, -0.05) is 23.8 Å². The second-order valence-electron chi connectivity index (χ2n) is 9.74. The van der Waals surface area contributed by atoms with Gasteiger partial charge < -0.3 is 14.4 Å². The summed E-state index contributed by atoms with van der Waals surface area (Å²) in [6.07, 6.45) is 1.78. The number of carbonyl (C=O) groups excluding carboxylic acids is 3. The minimum atomic E-state index is -0.614. The summed E-state index contributed by atoms with van der Waals surface area (Å²) in [5.41, 5.74) is 1.87. The molecular weight excluding hydrogens is 538 g/mol. The number of likely N-dealkylation sites (tertiary alicyclic amines) is 1. The fourth-order valence-corrected chi connectivity index (χ4v) is 5.78. The van der Waals surface area contributed by atoms with E-state index < -0.39 is 11.6 Å². The number of methoxy groups -OCH3 is 1.